The van der Waals surface area contributed by atoms with Gasteiger partial charge >= 0.3 is 0 Å². The molecular formula is C15H18FNS. The molecule has 0 aliphatic carbocycles. The maximum Gasteiger partial charge on any atom is 0.125 e. The van der Waals surface area contributed by atoms with E-state index in [1.165, 1.54) is 4.88 Å². The van der Waals surface area contributed by atoms with Crippen LogP contribution in [0.15, 0.2) is 35.7 Å². The van der Waals surface area contributed by atoms with Gasteiger partial charge in [0, 0.05) is 10.6 Å². The number of anilines is 1. The Balaban J connectivity index is 2.24. The zero-order valence-electron chi connectivity index (χ0n) is 10.9. The number of aryl methyl sites for hydroxylation is 1. The first-order chi connectivity index (χ1) is 8.56. The Kier molecular flexibility index (Phi) is 4.02. The number of hydrogen-bond donors (Lipinski definition) is 1. The summed E-state index contributed by atoms with van der Waals surface area (Å²) >= 11 is 1.73. The van der Waals surface area contributed by atoms with Crippen molar-refractivity contribution in [3.05, 3.63) is 52.0 Å². The maximum atomic E-state index is 13.4. The molecule has 0 radical (unpaired) electrons. The van der Waals surface area contributed by atoms with Crippen molar-refractivity contribution in [3.8, 4) is 0 Å². The molecule has 1 heterocycles. The lowest BCUT2D eigenvalue weighted by Gasteiger charge is -2.22. The molecule has 0 fully saturated rings. The summed E-state index contributed by atoms with van der Waals surface area (Å²) in [5.74, 6) is 0.262. The molecule has 0 amide bonds. The number of benzene rings is 1. The standard InChI is InChI=1S/C15H18FNS/c1-10(2)15(14-5-4-6-18-14)17-13-8-11(3)7-12(16)9-13/h4-10,15,17H,1-3H3. The minimum Gasteiger partial charge on any atom is -0.377 e. The van der Waals surface area contributed by atoms with E-state index in [-0.39, 0.29) is 11.9 Å². The van der Waals surface area contributed by atoms with Crippen LogP contribution >= 0.6 is 11.3 Å². The van der Waals surface area contributed by atoms with Crippen molar-refractivity contribution < 1.29 is 4.39 Å². The minimum absolute atomic E-state index is 0.189. The molecule has 0 saturated heterocycles. The molecule has 1 N–H and O–H groups in total. The molecule has 0 saturated carbocycles. The van der Waals surface area contributed by atoms with Crippen LogP contribution in [0.1, 0.15) is 30.3 Å². The van der Waals surface area contributed by atoms with Gasteiger partial charge in [0.05, 0.1) is 6.04 Å². The van der Waals surface area contributed by atoms with Gasteiger partial charge < -0.3 is 5.32 Å². The Hall–Kier alpha value is -1.35. The van der Waals surface area contributed by atoms with Crippen LogP contribution in [0.25, 0.3) is 0 Å². The first-order valence-electron chi connectivity index (χ1n) is 6.13. The number of hydrogen-bond acceptors (Lipinski definition) is 2. The van der Waals surface area contributed by atoms with Gasteiger partial charge in [0.25, 0.3) is 0 Å². The molecule has 0 bridgehead atoms. The van der Waals surface area contributed by atoms with Gasteiger partial charge in [-0.25, -0.2) is 4.39 Å². The lowest BCUT2D eigenvalue weighted by Crippen LogP contribution is -2.15. The molecule has 3 heteroatoms. The number of rotatable bonds is 4. The Bertz CT molecular complexity index is 485. The minimum atomic E-state index is -0.189. The molecule has 96 valence electrons. The van der Waals surface area contributed by atoms with Gasteiger partial charge in [0.1, 0.15) is 5.82 Å². The van der Waals surface area contributed by atoms with Crippen LogP contribution in [0, 0.1) is 18.7 Å². The van der Waals surface area contributed by atoms with Crippen molar-refractivity contribution in [3.63, 3.8) is 0 Å². The van der Waals surface area contributed by atoms with Gasteiger partial charge in [0.15, 0.2) is 0 Å². The highest BCUT2D eigenvalue weighted by molar-refractivity contribution is 7.10. The Morgan fingerprint density at radius 3 is 2.56 bits per heavy atom. The summed E-state index contributed by atoms with van der Waals surface area (Å²) in [5, 5.41) is 5.51. The molecule has 0 aliphatic rings. The summed E-state index contributed by atoms with van der Waals surface area (Å²) in [4.78, 5) is 1.28. The molecule has 2 aromatic rings. The van der Waals surface area contributed by atoms with E-state index in [0.717, 1.165) is 11.3 Å². The first-order valence-corrected chi connectivity index (χ1v) is 7.01. The second-order valence-electron chi connectivity index (χ2n) is 4.90. The van der Waals surface area contributed by atoms with Crippen LogP contribution in [0.5, 0.6) is 0 Å². The van der Waals surface area contributed by atoms with Gasteiger partial charge in [-0.05, 0) is 48.1 Å². The highest BCUT2D eigenvalue weighted by Crippen LogP contribution is 2.30. The fourth-order valence-electron chi connectivity index (χ4n) is 2.03. The first kappa shape index (κ1) is 13.1. The summed E-state index contributed by atoms with van der Waals surface area (Å²) < 4.78 is 13.4. The van der Waals surface area contributed by atoms with E-state index in [0.29, 0.717) is 5.92 Å². The molecule has 1 aromatic heterocycles. The second kappa shape index (κ2) is 5.53. The monoisotopic (exact) mass is 263 g/mol. The quantitative estimate of drug-likeness (QED) is 0.818. The van der Waals surface area contributed by atoms with Crippen LogP contribution in [0.3, 0.4) is 0 Å². The predicted molar refractivity (Wildman–Crippen MR) is 76.7 cm³/mol. The van der Waals surface area contributed by atoms with Gasteiger partial charge in [-0.3, -0.25) is 0 Å². The summed E-state index contributed by atoms with van der Waals surface area (Å²) in [6.07, 6.45) is 0. The van der Waals surface area contributed by atoms with Crippen molar-refractivity contribution in [2.45, 2.75) is 26.8 Å². The lowest BCUT2D eigenvalue weighted by atomic mass is 10.0. The molecule has 18 heavy (non-hydrogen) atoms. The van der Waals surface area contributed by atoms with Crippen molar-refractivity contribution in [1.82, 2.24) is 0 Å². The molecule has 1 unspecified atom stereocenters. The normalized spacial score (nSPS) is 12.7. The van der Waals surface area contributed by atoms with Gasteiger partial charge in [0.2, 0.25) is 0 Å². The molecule has 2 rings (SSSR count). The van der Waals surface area contributed by atoms with Crippen molar-refractivity contribution in [1.29, 1.82) is 0 Å². The van der Waals surface area contributed by atoms with Crippen LogP contribution < -0.4 is 5.32 Å². The molecular weight excluding hydrogens is 245 g/mol. The van der Waals surface area contributed by atoms with Crippen LogP contribution in [-0.2, 0) is 0 Å². The Labute approximate surface area is 112 Å². The number of nitrogens with one attached hydrogen (secondary N) is 1. The highest BCUT2D eigenvalue weighted by Gasteiger charge is 2.16. The van der Waals surface area contributed by atoms with Gasteiger partial charge in [-0.1, -0.05) is 19.9 Å². The van der Waals surface area contributed by atoms with Crippen LogP contribution in [0.2, 0.25) is 0 Å². The summed E-state index contributed by atoms with van der Waals surface area (Å²) in [5.41, 5.74) is 1.78. The van der Waals surface area contributed by atoms with Crippen LogP contribution in [0.4, 0.5) is 10.1 Å². The summed E-state index contributed by atoms with van der Waals surface area (Å²) in [7, 11) is 0. The van der Waals surface area contributed by atoms with Gasteiger partial charge in [-0.15, -0.1) is 11.3 Å². The molecule has 1 nitrogen and oxygen atoms in total. The molecule has 0 aliphatic heterocycles. The van der Waals surface area contributed by atoms with E-state index in [1.807, 2.05) is 19.1 Å². The molecule has 1 aromatic carbocycles. The fourth-order valence-corrected chi connectivity index (χ4v) is 2.98. The SMILES string of the molecule is Cc1cc(F)cc(NC(c2cccs2)C(C)C)c1. The van der Waals surface area contributed by atoms with E-state index in [9.17, 15) is 4.39 Å². The Morgan fingerprint density at radius 1 is 1.22 bits per heavy atom. The fraction of sp³-hybridized carbons (Fsp3) is 0.333. The predicted octanol–water partition coefficient (Wildman–Crippen LogP) is 5.00. The largest absolute Gasteiger partial charge is 0.377 e. The van der Waals surface area contributed by atoms with Crippen molar-refractivity contribution in [2.24, 2.45) is 5.92 Å². The topological polar surface area (TPSA) is 12.0 Å². The smallest absolute Gasteiger partial charge is 0.125 e. The highest BCUT2D eigenvalue weighted by atomic mass is 32.1. The third-order valence-corrected chi connectivity index (χ3v) is 3.84. The Morgan fingerprint density at radius 2 is 2.00 bits per heavy atom. The zero-order chi connectivity index (χ0) is 13.1. The maximum absolute atomic E-state index is 13.4. The third-order valence-electron chi connectivity index (χ3n) is 2.88. The average Bonchev–Trinajstić information content (AvgIpc) is 2.77. The van der Waals surface area contributed by atoms with Crippen molar-refractivity contribution in [2.75, 3.05) is 5.32 Å². The van der Waals surface area contributed by atoms with E-state index in [1.54, 1.807) is 23.5 Å². The van der Waals surface area contributed by atoms with E-state index in [2.05, 4.69) is 30.6 Å². The number of thiophene rings is 1. The molecule has 1 atom stereocenters. The lowest BCUT2D eigenvalue weighted by molar-refractivity contribution is 0.552. The van der Waals surface area contributed by atoms with Crippen LogP contribution in [-0.4, -0.2) is 0 Å². The van der Waals surface area contributed by atoms with E-state index in [4.69, 9.17) is 0 Å². The van der Waals surface area contributed by atoms with Crippen molar-refractivity contribution >= 4 is 17.0 Å². The summed E-state index contributed by atoms with van der Waals surface area (Å²) in [6, 6.07) is 9.47. The summed E-state index contributed by atoms with van der Waals surface area (Å²) in [6.45, 7) is 6.25. The van der Waals surface area contributed by atoms with E-state index >= 15 is 0 Å². The second-order valence-corrected chi connectivity index (χ2v) is 5.88. The zero-order valence-corrected chi connectivity index (χ0v) is 11.7. The molecule has 0 spiro atoms. The average molecular weight is 263 g/mol. The number of halogens is 1. The van der Waals surface area contributed by atoms with E-state index < -0.39 is 0 Å². The third kappa shape index (κ3) is 3.10. The van der Waals surface area contributed by atoms with Gasteiger partial charge in [-0.2, -0.15) is 0 Å².